The molecule has 0 aliphatic carbocycles. The summed E-state index contributed by atoms with van der Waals surface area (Å²) < 4.78 is 5.74. The van der Waals surface area contributed by atoms with Crippen molar-refractivity contribution in [3.05, 3.63) is 23.7 Å². The third-order valence-electron chi connectivity index (χ3n) is 4.26. The highest BCUT2D eigenvalue weighted by atomic mass is 16.3. The SMILES string of the molecule is CCCC1CCCCN1Cc1occc1CNC(C)C. The summed E-state index contributed by atoms with van der Waals surface area (Å²) in [6.07, 6.45) is 8.52. The number of hydrogen-bond acceptors (Lipinski definition) is 3. The fourth-order valence-corrected chi connectivity index (χ4v) is 3.09. The van der Waals surface area contributed by atoms with E-state index >= 15 is 0 Å². The van der Waals surface area contributed by atoms with Crippen LogP contribution in [0.4, 0.5) is 0 Å². The predicted molar refractivity (Wildman–Crippen MR) is 83.6 cm³/mol. The van der Waals surface area contributed by atoms with Crippen LogP contribution in [0.15, 0.2) is 16.7 Å². The van der Waals surface area contributed by atoms with Gasteiger partial charge in [-0.15, -0.1) is 0 Å². The zero-order chi connectivity index (χ0) is 14.4. The lowest BCUT2D eigenvalue weighted by Crippen LogP contribution is -2.39. The van der Waals surface area contributed by atoms with E-state index in [9.17, 15) is 0 Å². The van der Waals surface area contributed by atoms with Crippen molar-refractivity contribution >= 4 is 0 Å². The molecule has 1 saturated heterocycles. The topological polar surface area (TPSA) is 28.4 Å². The van der Waals surface area contributed by atoms with E-state index < -0.39 is 0 Å². The molecule has 0 bridgehead atoms. The van der Waals surface area contributed by atoms with Gasteiger partial charge in [0.2, 0.25) is 0 Å². The molecule has 0 amide bonds. The minimum Gasteiger partial charge on any atom is -0.468 e. The summed E-state index contributed by atoms with van der Waals surface area (Å²) >= 11 is 0. The Morgan fingerprint density at radius 1 is 1.40 bits per heavy atom. The summed E-state index contributed by atoms with van der Waals surface area (Å²) in [6.45, 7) is 9.77. The highest BCUT2D eigenvalue weighted by molar-refractivity contribution is 5.17. The summed E-state index contributed by atoms with van der Waals surface area (Å²) in [4.78, 5) is 2.63. The van der Waals surface area contributed by atoms with E-state index in [1.807, 2.05) is 6.26 Å². The zero-order valence-corrected chi connectivity index (χ0v) is 13.3. The van der Waals surface area contributed by atoms with Gasteiger partial charge >= 0.3 is 0 Å². The standard InChI is InChI=1S/C17H30N2O/c1-4-7-16-8-5-6-10-19(16)13-17-15(9-11-20-17)12-18-14(2)3/h9,11,14,16,18H,4-8,10,12-13H2,1-3H3. The van der Waals surface area contributed by atoms with Crippen molar-refractivity contribution in [3.63, 3.8) is 0 Å². The van der Waals surface area contributed by atoms with Crippen molar-refractivity contribution in [1.29, 1.82) is 0 Å². The van der Waals surface area contributed by atoms with Crippen molar-refractivity contribution in [1.82, 2.24) is 10.2 Å². The van der Waals surface area contributed by atoms with Gasteiger partial charge < -0.3 is 9.73 Å². The molecule has 0 radical (unpaired) electrons. The first-order valence-corrected chi connectivity index (χ1v) is 8.23. The first-order chi connectivity index (χ1) is 9.70. The average Bonchev–Trinajstić information content (AvgIpc) is 2.86. The molecule has 1 aromatic heterocycles. The first kappa shape index (κ1) is 15.6. The van der Waals surface area contributed by atoms with Crippen molar-refractivity contribution in [2.45, 2.75) is 78.0 Å². The Morgan fingerprint density at radius 3 is 3.00 bits per heavy atom. The maximum absolute atomic E-state index is 5.74. The number of furan rings is 1. The van der Waals surface area contributed by atoms with Crippen LogP contribution in [0.25, 0.3) is 0 Å². The Hall–Kier alpha value is -0.800. The van der Waals surface area contributed by atoms with Crippen molar-refractivity contribution < 1.29 is 4.42 Å². The Kier molecular flexibility index (Phi) is 6.11. The molecule has 1 fully saturated rings. The second-order valence-corrected chi connectivity index (χ2v) is 6.31. The van der Waals surface area contributed by atoms with Crippen LogP contribution in [-0.2, 0) is 13.1 Å². The lowest BCUT2D eigenvalue weighted by molar-refractivity contribution is 0.121. The molecule has 0 aromatic carbocycles. The average molecular weight is 278 g/mol. The molecule has 20 heavy (non-hydrogen) atoms. The number of likely N-dealkylation sites (tertiary alicyclic amines) is 1. The highest BCUT2D eigenvalue weighted by Crippen LogP contribution is 2.24. The molecule has 1 aromatic rings. The molecular formula is C17H30N2O. The normalized spacial score (nSPS) is 20.7. The molecule has 2 heterocycles. The lowest BCUT2D eigenvalue weighted by Gasteiger charge is -2.35. The third-order valence-corrected chi connectivity index (χ3v) is 4.26. The van der Waals surface area contributed by atoms with Gasteiger partial charge in [0.1, 0.15) is 5.76 Å². The Morgan fingerprint density at radius 2 is 2.25 bits per heavy atom. The molecule has 3 heteroatoms. The van der Waals surface area contributed by atoms with Crippen LogP contribution in [0.5, 0.6) is 0 Å². The molecule has 0 spiro atoms. The van der Waals surface area contributed by atoms with Crippen LogP contribution in [0.1, 0.15) is 64.2 Å². The number of hydrogen-bond donors (Lipinski definition) is 1. The maximum atomic E-state index is 5.74. The van der Waals surface area contributed by atoms with Gasteiger partial charge in [-0.05, 0) is 31.9 Å². The van der Waals surface area contributed by atoms with Crippen LogP contribution in [0.3, 0.4) is 0 Å². The molecule has 1 unspecified atom stereocenters. The summed E-state index contributed by atoms with van der Waals surface area (Å²) in [7, 11) is 0. The molecule has 0 saturated carbocycles. The number of rotatable bonds is 7. The van der Waals surface area contributed by atoms with E-state index in [0.717, 1.165) is 24.9 Å². The number of nitrogens with one attached hydrogen (secondary N) is 1. The molecule has 1 N–H and O–H groups in total. The van der Waals surface area contributed by atoms with Crippen molar-refractivity contribution in [3.8, 4) is 0 Å². The van der Waals surface area contributed by atoms with Gasteiger partial charge in [0.25, 0.3) is 0 Å². The highest BCUT2D eigenvalue weighted by Gasteiger charge is 2.23. The molecular weight excluding hydrogens is 248 g/mol. The lowest BCUT2D eigenvalue weighted by atomic mass is 9.98. The number of nitrogens with zero attached hydrogens (tertiary/aromatic N) is 1. The summed E-state index contributed by atoms with van der Waals surface area (Å²) in [5, 5.41) is 3.48. The monoisotopic (exact) mass is 278 g/mol. The quantitative estimate of drug-likeness (QED) is 0.819. The molecule has 1 aliphatic rings. The molecule has 2 rings (SSSR count). The molecule has 114 valence electrons. The van der Waals surface area contributed by atoms with Gasteiger partial charge in [-0.1, -0.05) is 33.6 Å². The van der Waals surface area contributed by atoms with Crippen LogP contribution in [0.2, 0.25) is 0 Å². The van der Waals surface area contributed by atoms with Crippen molar-refractivity contribution in [2.75, 3.05) is 6.54 Å². The van der Waals surface area contributed by atoms with Crippen LogP contribution >= 0.6 is 0 Å². The van der Waals surface area contributed by atoms with E-state index in [0.29, 0.717) is 6.04 Å². The van der Waals surface area contributed by atoms with Gasteiger partial charge in [0.15, 0.2) is 0 Å². The zero-order valence-electron chi connectivity index (χ0n) is 13.3. The second kappa shape index (κ2) is 7.84. The van der Waals surface area contributed by atoms with Gasteiger partial charge in [-0.25, -0.2) is 0 Å². The Bertz CT molecular complexity index is 384. The Balaban J connectivity index is 1.95. The summed E-state index contributed by atoms with van der Waals surface area (Å²) in [5.74, 6) is 1.15. The summed E-state index contributed by atoms with van der Waals surface area (Å²) in [6, 6.07) is 3.38. The van der Waals surface area contributed by atoms with E-state index in [-0.39, 0.29) is 0 Å². The maximum Gasteiger partial charge on any atom is 0.122 e. The fourth-order valence-electron chi connectivity index (χ4n) is 3.09. The largest absolute Gasteiger partial charge is 0.468 e. The van der Waals surface area contributed by atoms with Crippen molar-refractivity contribution in [2.24, 2.45) is 0 Å². The molecule has 1 atom stereocenters. The second-order valence-electron chi connectivity index (χ2n) is 6.31. The van der Waals surface area contributed by atoms with E-state index in [1.165, 1.54) is 44.2 Å². The van der Waals surface area contributed by atoms with Gasteiger partial charge in [-0.3, -0.25) is 4.90 Å². The van der Waals surface area contributed by atoms with Gasteiger partial charge in [-0.2, -0.15) is 0 Å². The van der Waals surface area contributed by atoms with Crippen LogP contribution in [-0.4, -0.2) is 23.5 Å². The molecule has 3 nitrogen and oxygen atoms in total. The fraction of sp³-hybridized carbons (Fsp3) is 0.765. The minimum atomic E-state index is 0.514. The predicted octanol–water partition coefficient (Wildman–Crippen LogP) is 3.93. The first-order valence-electron chi connectivity index (χ1n) is 8.23. The molecule has 1 aliphatic heterocycles. The Labute approximate surface area is 123 Å². The van der Waals surface area contributed by atoms with Gasteiger partial charge in [0.05, 0.1) is 12.8 Å². The van der Waals surface area contributed by atoms with E-state index in [2.05, 4.69) is 37.1 Å². The van der Waals surface area contributed by atoms with Gasteiger partial charge in [0, 0.05) is 24.2 Å². The van der Waals surface area contributed by atoms with Crippen LogP contribution in [0, 0.1) is 0 Å². The smallest absolute Gasteiger partial charge is 0.122 e. The van der Waals surface area contributed by atoms with E-state index in [1.54, 1.807) is 0 Å². The number of piperidine rings is 1. The van der Waals surface area contributed by atoms with Crippen LogP contribution < -0.4 is 5.32 Å². The minimum absolute atomic E-state index is 0.514. The summed E-state index contributed by atoms with van der Waals surface area (Å²) in [5.41, 5.74) is 1.32. The van der Waals surface area contributed by atoms with E-state index in [4.69, 9.17) is 4.42 Å². The third kappa shape index (κ3) is 4.35.